The van der Waals surface area contributed by atoms with Crippen molar-refractivity contribution >= 4 is 28.9 Å². The van der Waals surface area contributed by atoms with Crippen molar-refractivity contribution in [1.82, 2.24) is 10.6 Å². The highest BCUT2D eigenvalue weighted by Crippen LogP contribution is 2.22. The van der Waals surface area contributed by atoms with Crippen LogP contribution in [0.15, 0.2) is 46.1 Å². The topological polar surface area (TPSA) is 85.8 Å². The number of rotatable bonds is 9. The summed E-state index contributed by atoms with van der Waals surface area (Å²) in [5.41, 5.74) is 1.76. The second-order valence-electron chi connectivity index (χ2n) is 6.83. The number of aliphatic hydroxyl groups is 1. The summed E-state index contributed by atoms with van der Waals surface area (Å²) in [6, 6.07) is 9.61. The molecule has 1 atom stereocenters. The summed E-state index contributed by atoms with van der Waals surface area (Å²) in [7, 11) is 0. The van der Waals surface area contributed by atoms with E-state index in [-0.39, 0.29) is 5.91 Å². The SMILES string of the molecule is CCCC(=O)Nc1ccc(CN=C(NCC)NCC(C)(O)c2ccsc2)cc1. The highest BCUT2D eigenvalue weighted by atomic mass is 32.1. The Hall–Kier alpha value is -2.38. The molecule has 6 nitrogen and oxygen atoms in total. The maximum atomic E-state index is 11.7. The van der Waals surface area contributed by atoms with Crippen LogP contribution >= 0.6 is 11.3 Å². The molecule has 28 heavy (non-hydrogen) atoms. The fraction of sp³-hybridized carbons (Fsp3) is 0.429. The van der Waals surface area contributed by atoms with Crippen LogP contribution in [0.3, 0.4) is 0 Å². The van der Waals surface area contributed by atoms with E-state index in [0.717, 1.165) is 29.8 Å². The lowest BCUT2D eigenvalue weighted by Gasteiger charge is -2.24. The van der Waals surface area contributed by atoms with Gasteiger partial charge >= 0.3 is 0 Å². The first-order chi connectivity index (χ1) is 13.4. The van der Waals surface area contributed by atoms with Crippen LogP contribution < -0.4 is 16.0 Å². The number of thiophene rings is 1. The summed E-state index contributed by atoms with van der Waals surface area (Å²) < 4.78 is 0. The molecule has 0 aliphatic rings. The number of nitrogens with one attached hydrogen (secondary N) is 3. The molecule has 7 heteroatoms. The smallest absolute Gasteiger partial charge is 0.224 e. The third-order valence-electron chi connectivity index (χ3n) is 4.22. The van der Waals surface area contributed by atoms with Gasteiger partial charge in [-0.15, -0.1) is 0 Å². The minimum absolute atomic E-state index is 0.0320. The van der Waals surface area contributed by atoms with Crippen LogP contribution in [0.25, 0.3) is 0 Å². The lowest BCUT2D eigenvalue weighted by molar-refractivity contribution is -0.116. The van der Waals surface area contributed by atoms with Crippen molar-refractivity contribution in [2.24, 2.45) is 4.99 Å². The Morgan fingerprint density at radius 1 is 1.18 bits per heavy atom. The zero-order chi connectivity index (χ0) is 20.4. The van der Waals surface area contributed by atoms with Crippen LogP contribution in [0.2, 0.25) is 0 Å². The molecule has 0 bridgehead atoms. The fourth-order valence-corrected chi connectivity index (χ4v) is 3.37. The van der Waals surface area contributed by atoms with Crippen molar-refractivity contribution in [1.29, 1.82) is 0 Å². The van der Waals surface area contributed by atoms with Gasteiger partial charge < -0.3 is 21.1 Å². The molecule has 0 aliphatic heterocycles. The summed E-state index contributed by atoms with van der Waals surface area (Å²) in [4.78, 5) is 16.2. The normalized spacial score (nSPS) is 13.6. The Morgan fingerprint density at radius 3 is 2.54 bits per heavy atom. The number of benzene rings is 1. The average molecular weight is 403 g/mol. The molecule has 2 rings (SSSR count). The average Bonchev–Trinajstić information content (AvgIpc) is 3.21. The molecular weight excluding hydrogens is 372 g/mol. The minimum Gasteiger partial charge on any atom is -0.384 e. The van der Waals surface area contributed by atoms with Crippen LogP contribution in [0.4, 0.5) is 5.69 Å². The van der Waals surface area contributed by atoms with Gasteiger partial charge in [0.05, 0.1) is 13.1 Å². The largest absolute Gasteiger partial charge is 0.384 e. The van der Waals surface area contributed by atoms with Gasteiger partial charge in [0.2, 0.25) is 5.91 Å². The first-order valence-corrected chi connectivity index (χ1v) is 10.5. The van der Waals surface area contributed by atoms with Crippen molar-refractivity contribution in [2.75, 3.05) is 18.4 Å². The van der Waals surface area contributed by atoms with E-state index in [1.807, 2.05) is 54.9 Å². The van der Waals surface area contributed by atoms with Gasteiger partial charge in [0.25, 0.3) is 0 Å². The van der Waals surface area contributed by atoms with E-state index in [4.69, 9.17) is 0 Å². The van der Waals surface area contributed by atoms with Crippen molar-refractivity contribution in [2.45, 2.75) is 45.8 Å². The predicted molar refractivity (Wildman–Crippen MR) is 117 cm³/mol. The van der Waals surface area contributed by atoms with Gasteiger partial charge in [-0.3, -0.25) is 4.79 Å². The van der Waals surface area contributed by atoms with E-state index in [2.05, 4.69) is 20.9 Å². The highest BCUT2D eigenvalue weighted by Gasteiger charge is 2.23. The van der Waals surface area contributed by atoms with Gasteiger partial charge in [0, 0.05) is 18.7 Å². The highest BCUT2D eigenvalue weighted by molar-refractivity contribution is 7.08. The number of guanidine groups is 1. The maximum absolute atomic E-state index is 11.7. The predicted octanol–water partition coefficient (Wildman–Crippen LogP) is 3.45. The van der Waals surface area contributed by atoms with Gasteiger partial charge in [0.15, 0.2) is 5.96 Å². The molecule has 1 aromatic heterocycles. The second kappa shape index (κ2) is 10.8. The standard InChI is InChI=1S/C21H30N4O2S/c1-4-6-19(26)25-18-9-7-16(8-10-18)13-23-20(22-5-2)24-15-21(3,27)17-11-12-28-14-17/h7-12,14,27H,4-6,13,15H2,1-3H3,(H,25,26)(H2,22,23,24). The van der Waals surface area contributed by atoms with E-state index in [1.165, 1.54) is 0 Å². The molecule has 1 heterocycles. The Labute approximate surface area is 171 Å². The van der Waals surface area contributed by atoms with E-state index in [0.29, 0.717) is 25.5 Å². The quantitative estimate of drug-likeness (QED) is 0.382. The number of amides is 1. The lowest BCUT2D eigenvalue weighted by Crippen LogP contribution is -2.44. The van der Waals surface area contributed by atoms with Gasteiger partial charge in [-0.1, -0.05) is 19.1 Å². The van der Waals surface area contributed by atoms with Crippen LogP contribution in [0.5, 0.6) is 0 Å². The first kappa shape index (κ1) is 21.9. The summed E-state index contributed by atoms with van der Waals surface area (Å²) >= 11 is 1.57. The zero-order valence-corrected chi connectivity index (χ0v) is 17.6. The first-order valence-electron chi connectivity index (χ1n) is 9.60. The molecule has 0 aliphatic carbocycles. The lowest BCUT2D eigenvalue weighted by atomic mass is 9.99. The fourth-order valence-electron chi connectivity index (χ4n) is 2.58. The Morgan fingerprint density at radius 2 is 1.93 bits per heavy atom. The molecule has 0 radical (unpaired) electrons. The maximum Gasteiger partial charge on any atom is 0.224 e. The van der Waals surface area contributed by atoms with Gasteiger partial charge in [-0.05, 0) is 60.4 Å². The van der Waals surface area contributed by atoms with Gasteiger partial charge in [-0.2, -0.15) is 11.3 Å². The summed E-state index contributed by atoms with van der Waals surface area (Å²) in [6.45, 7) is 7.36. The van der Waals surface area contributed by atoms with E-state index < -0.39 is 5.60 Å². The van der Waals surface area contributed by atoms with E-state index >= 15 is 0 Å². The second-order valence-corrected chi connectivity index (χ2v) is 7.61. The number of anilines is 1. The summed E-state index contributed by atoms with van der Waals surface area (Å²) in [5, 5.41) is 23.8. The van der Waals surface area contributed by atoms with Crippen molar-refractivity contribution in [3.63, 3.8) is 0 Å². The Bertz CT molecular complexity index is 755. The van der Waals surface area contributed by atoms with Crippen LogP contribution in [0.1, 0.15) is 44.7 Å². The molecule has 0 saturated carbocycles. The molecular formula is C21H30N4O2S. The van der Waals surface area contributed by atoms with Crippen LogP contribution in [-0.2, 0) is 16.9 Å². The van der Waals surface area contributed by atoms with Crippen molar-refractivity contribution in [3.8, 4) is 0 Å². The van der Waals surface area contributed by atoms with E-state index in [1.54, 1.807) is 18.3 Å². The molecule has 152 valence electrons. The van der Waals surface area contributed by atoms with Crippen LogP contribution in [-0.4, -0.2) is 30.1 Å². The van der Waals surface area contributed by atoms with E-state index in [9.17, 15) is 9.90 Å². The third kappa shape index (κ3) is 6.98. The molecule has 0 fully saturated rings. The molecule has 2 aromatic rings. The Balaban J connectivity index is 1.93. The van der Waals surface area contributed by atoms with Gasteiger partial charge in [0.1, 0.15) is 5.60 Å². The van der Waals surface area contributed by atoms with Crippen molar-refractivity contribution in [3.05, 3.63) is 52.2 Å². The zero-order valence-electron chi connectivity index (χ0n) is 16.8. The molecule has 1 amide bonds. The minimum atomic E-state index is -0.964. The number of hydrogen-bond acceptors (Lipinski definition) is 4. The monoisotopic (exact) mass is 402 g/mol. The number of nitrogens with zero attached hydrogens (tertiary/aromatic N) is 1. The van der Waals surface area contributed by atoms with Gasteiger partial charge in [-0.25, -0.2) is 4.99 Å². The molecule has 1 unspecified atom stereocenters. The molecule has 4 N–H and O–H groups in total. The number of carbonyl (C=O) groups is 1. The molecule has 1 aromatic carbocycles. The molecule has 0 spiro atoms. The number of aliphatic imine (C=N–C) groups is 1. The molecule has 0 saturated heterocycles. The third-order valence-corrected chi connectivity index (χ3v) is 4.91. The summed E-state index contributed by atoms with van der Waals surface area (Å²) in [6.07, 6.45) is 1.36. The van der Waals surface area contributed by atoms with Crippen molar-refractivity contribution < 1.29 is 9.90 Å². The Kier molecular flexibility index (Phi) is 8.47. The number of hydrogen-bond donors (Lipinski definition) is 4. The summed E-state index contributed by atoms with van der Waals surface area (Å²) in [5.74, 6) is 0.683. The number of carbonyl (C=O) groups excluding carboxylic acids is 1. The van der Waals surface area contributed by atoms with Crippen LogP contribution in [0, 0.1) is 0 Å².